The Morgan fingerprint density at radius 1 is 0.690 bits per heavy atom. The highest BCUT2D eigenvalue weighted by Gasteiger charge is 2.24. The predicted molar refractivity (Wildman–Crippen MR) is 113 cm³/mol. The van der Waals surface area contributed by atoms with E-state index >= 15 is 0 Å². The second kappa shape index (κ2) is 7.89. The lowest BCUT2D eigenvalue weighted by molar-refractivity contribution is -0.119. The fourth-order valence-corrected chi connectivity index (χ4v) is 3.82. The molecule has 4 nitrogen and oxygen atoms in total. The third-order valence-electron chi connectivity index (χ3n) is 4.57. The minimum Gasteiger partial charge on any atom is -0.289 e. The number of carbonyl (C=O) groups is 3. The number of benzene rings is 3. The lowest BCUT2D eigenvalue weighted by atomic mass is 10.0. The molecule has 1 aliphatic heterocycles. The van der Waals surface area contributed by atoms with E-state index in [1.165, 1.54) is 12.2 Å². The molecule has 142 valence electrons. The summed E-state index contributed by atoms with van der Waals surface area (Å²) >= 11 is 1.54. The molecular formula is C24H17NO3S. The molecule has 0 aliphatic carbocycles. The Bertz CT molecular complexity index is 1100. The fourth-order valence-electron chi connectivity index (χ4n) is 3.00. The maximum Gasteiger partial charge on any atom is 0.258 e. The van der Waals surface area contributed by atoms with Gasteiger partial charge in [0, 0.05) is 33.1 Å². The highest BCUT2D eigenvalue weighted by atomic mass is 32.2. The third kappa shape index (κ3) is 4.05. The average Bonchev–Trinajstić information content (AvgIpc) is 3.07. The SMILES string of the molecule is Cc1ccc(C(=O)c2ccc(Sc3ccc(N4C(=O)C=CC4=O)cc3)cc2)cc1. The molecule has 3 aromatic rings. The zero-order valence-electron chi connectivity index (χ0n) is 15.7. The molecule has 0 N–H and O–H groups in total. The van der Waals surface area contributed by atoms with Crippen LogP contribution in [0.1, 0.15) is 21.5 Å². The number of anilines is 1. The lowest BCUT2D eigenvalue weighted by Crippen LogP contribution is -2.29. The second-order valence-corrected chi connectivity index (χ2v) is 7.81. The quantitative estimate of drug-likeness (QED) is 0.457. The van der Waals surface area contributed by atoms with Crippen molar-refractivity contribution in [1.82, 2.24) is 0 Å². The molecule has 1 aliphatic rings. The highest BCUT2D eigenvalue weighted by Crippen LogP contribution is 2.30. The minimum atomic E-state index is -0.329. The number of rotatable bonds is 5. The topological polar surface area (TPSA) is 54.5 Å². The van der Waals surface area contributed by atoms with Crippen molar-refractivity contribution in [1.29, 1.82) is 0 Å². The van der Waals surface area contributed by atoms with Crippen molar-refractivity contribution in [2.24, 2.45) is 0 Å². The number of hydrogen-bond acceptors (Lipinski definition) is 4. The molecule has 0 unspecified atom stereocenters. The van der Waals surface area contributed by atoms with Crippen LogP contribution in [0.2, 0.25) is 0 Å². The molecule has 0 saturated carbocycles. The molecule has 3 aromatic carbocycles. The first-order chi connectivity index (χ1) is 14.0. The van der Waals surface area contributed by atoms with E-state index in [0.29, 0.717) is 16.8 Å². The molecule has 0 aromatic heterocycles. The van der Waals surface area contributed by atoms with E-state index in [0.717, 1.165) is 20.3 Å². The highest BCUT2D eigenvalue weighted by molar-refractivity contribution is 7.99. The van der Waals surface area contributed by atoms with Gasteiger partial charge in [0.2, 0.25) is 0 Å². The zero-order valence-corrected chi connectivity index (χ0v) is 16.5. The maximum atomic E-state index is 12.6. The van der Waals surface area contributed by atoms with Crippen molar-refractivity contribution in [3.63, 3.8) is 0 Å². The number of nitrogens with zero attached hydrogens (tertiary/aromatic N) is 1. The summed E-state index contributed by atoms with van der Waals surface area (Å²) in [6.07, 6.45) is 2.54. The number of ketones is 1. The molecule has 2 amide bonds. The van der Waals surface area contributed by atoms with Gasteiger partial charge in [0.1, 0.15) is 0 Å². The number of imide groups is 1. The largest absolute Gasteiger partial charge is 0.289 e. The second-order valence-electron chi connectivity index (χ2n) is 6.66. The van der Waals surface area contributed by atoms with Gasteiger partial charge in [0.15, 0.2) is 5.78 Å². The van der Waals surface area contributed by atoms with Gasteiger partial charge < -0.3 is 0 Å². The van der Waals surface area contributed by atoms with Gasteiger partial charge in [-0.3, -0.25) is 14.4 Å². The predicted octanol–water partition coefficient (Wildman–Crippen LogP) is 4.81. The summed E-state index contributed by atoms with van der Waals surface area (Å²) in [6.45, 7) is 1.99. The monoisotopic (exact) mass is 399 g/mol. The van der Waals surface area contributed by atoms with E-state index in [1.54, 1.807) is 23.9 Å². The van der Waals surface area contributed by atoms with Gasteiger partial charge in [-0.05, 0) is 55.5 Å². The zero-order chi connectivity index (χ0) is 20.4. The number of carbonyl (C=O) groups excluding carboxylic acids is 3. The first-order valence-electron chi connectivity index (χ1n) is 9.07. The summed E-state index contributed by atoms with van der Waals surface area (Å²) in [5, 5.41) is 0. The molecule has 0 fully saturated rings. The number of aryl methyl sites for hydroxylation is 1. The van der Waals surface area contributed by atoms with Crippen molar-refractivity contribution in [2.75, 3.05) is 4.90 Å². The van der Waals surface area contributed by atoms with Crippen LogP contribution in [0.4, 0.5) is 5.69 Å². The molecule has 0 spiro atoms. The van der Waals surface area contributed by atoms with Crippen molar-refractivity contribution < 1.29 is 14.4 Å². The normalized spacial score (nSPS) is 13.2. The van der Waals surface area contributed by atoms with Crippen LogP contribution < -0.4 is 4.90 Å². The molecule has 0 bridgehead atoms. The summed E-state index contributed by atoms with van der Waals surface area (Å²) in [5.74, 6) is -0.659. The standard InChI is InChI=1S/C24H17NO3S/c1-16-2-4-17(5-3-16)24(28)18-6-10-20(11-7-18)29-21-12-8-19(9-13-21)25-22(26)14-15-23(25)27/h2-15H,1H3. The van der Waals surface area contributed by atoms with E-state index in [9.17, 15) is 14.4 Å². The lowest BCUT2D eigenvalue weighted by Gasteiger charge is -2.14. The van der Waals surface area contributed by atoms with Crippen LogP contribution in [0.5, 0.6) is 0 Å². The van der Waals surface area contributed by atoms with Crippen molar-refractivity contribution >= 4 is 35.0 Å². The summed E-state index contributed by atoms with van der Waals surface area (Å²) in [6, 6.07) is 22.3. The maximum absolute atomic E-state index is 12.6. The Hall–Kier alpha value is -3.44. The molecular weight excluding hydrogens is 382 g/mol. The Labute approximate surface area is 172 Å². The molecule has 0 atom stereocenters. The summed E-state index contributed by atoms with van der Waals surface area (Å²) in [4.78, 5) is 39.2. The van der Waals surface area contributed by atoms with Crippen LogP contribution in [0.3, 0.4) is 0 Å². The van der Waals surface area contributed by atoms with Gasteiger partial charge in [-0.2, -0.15) is 0 Å². The number of amides is 2. The fraction of sp³-hybridized carbons (Fsp3) is 0.0417. The third-order valence-corrected chi connectivity index (χ3v) is 5.59. The smallest absolute Gasteiger partial charge is 0.258 e. The van der Waals surface area contributed by atoms with Gasteiger partial charge in [0.05, 0.1) is 5.69 Å². The number of hydrogen-bond donors (Lipinski definition) is 0. The van der Waals surface area contributed by atoms with Crippen LogP contribution in [-0.4, -0.2) is 17.6 Å². The molecule has 1 heterocycles. The first kappa shape index (κ1) is 18.9. The van der Waals surface area contributed by atoms with E-state index < -0.39 is 0 Å². The van der Waals surface area contributed by atoms with Gasteiger partial charge in [0.25, 0.3) is 11.8 Å². The molecule has 29 heavy (non-hydrogen) atoms. The van der Waals surface area contributed by atoms with Crippen LogP contribution in [-0.2, 0) is 9.59 Å². The van der Waals surface area contributed by atoms with E-state index in [4.69, 9.17) is 0 Å². The Kier molecular flexibility index (Phi) is 5.14. The van der Waals surface area contributed by atoms with Crippen LogP contribution in [0, 0.1) is 6.92 Å². The van der Waals surface area contributed by atoms with E-state index in [-0.39, 0.29) is 17.6 Å². The summed E-state index contributed by atoms with van der Waals surface area (Å²) < 4.78 is 0. The van der Waals surface area contributed by atoms with Gasteiger partial charge in [-0.25, -0.2) is 4.90 Å². The Balaban J connectivity index is 1.45. The Morgan fingerprint density at radius 3 is 1.66 bits per heavy atom. The van der Waals surface area contributed by atoms with Gasteiger partial charge >= 0.3 is 0 Å². The van der Waals surface area contributed by atoms with Gasteiger partial charge in [-0.1, -0.05) is 41.6 Å². The Morgan fingerprint density at radius 2 is 1.14 bits per heavy atom. The van der Waals surface area contributed by atoms with Crippen molar-refractivity contribution in [2.45, 2.75) is 16.7 Å². The first-order valence-corrected chi connectivity index (χ1v) is 9.88. The van der Waals surface area contributed by atoms with E-state index in [2.05, 4.69) is 0 Å². The van der Waals surface area contributed by atoms with Crippen molar-refractivity contribution in [3.8, 4) is 0 Å². The van der Waals surface area contributed by atoms with E-state index in [1.807, 2.05) is 67.6 Å². The summed E-state index contributed by atoms with van der Waals surface area (Å²) in [7, 11) is 0. The minimum absolute atomic E-state index is 0.000500. The molecule has 0 radical (unpaired) electrons. The van der Waals surface area contributed by atoms with Gasteiger partial charge in [-0.15, -0.1) is 0 Å². The van der Waals surface area contributed by atoms with Crippen LogP contribution in [0.25, 0.3) is 0 Å². The molecule has 5 heteroatoms. The van der Waals surface area contributed by atoms with Crippen LogP contribution >= 0.6 is 11.8 Å². The van der Waals surface area contributed by atoms with Crippen molar-refractivity contribution in [3.05, 3.63) is 102 Å². The van der Waals surface area contributed by atoms with Crippen LogP contribution in [0.15, 0.2) is 94.7 Å². The molecule has 0 saturated heterocycles. The molecule has 4 rings (SSSR count). The average molecular weight is 399 g/mol. The summed E-state index contributed by atoms with van der Waals surface area (Å²) in [5.41, 5.74) is 2.99.